The summed E-state index contributed by atoms with van der Waals surface area (Å²) < 4.78 is 5.29. The number of carbonyl (C=O) groups is 1. The van der Waals surface area contributed by atoms with Gasteiger partial charge in [0.15, 0.2) is 0 Å². The molecule has 1 aliphatic rings. The van der Waals surface area contributed by atoms with Crippen molar-refractivity contribution < 1.29 is 9.53 Å². The summed E-state index contributed by atoms with van der Waals surface area (Å²) in [5.41, 5.74) is -0.418. The van der Waals surface area contributed by atoms with E-state index in [9.17, 15) is 4.79 Å². The Kier molecular flexibility index (Phi) is 3.54. The molecule has 0 unspecified atom stereocenters. The van der Waals surface area contributed by atoms with Crippen molar-refractivity contribution >= 4 is 17.7 Å². The summed E-state index contributed by atoms with van der Waals surface area (Å²) in [5, 5.41) is 0. The zero-order valence-electron chi connectivity index (χ0n) is 9.97. The lowest BCUT2D eigenvalue weighted by Gasteiger charge is -2.36. The van der Waals surface area contributed by atoms with E-state index in [-0.39, 0.29) is 11.0 Å². The number of halogens is 1. The molecule has 1 amide bonds. The van der Waals surface area contributed by atoms with Crippen LogP contribution in [0.3, 0.4) is 0 Å². The summed E-state index contributed by atoms with van der Waals surface area (Å²) in [4.78, 5) is 13.3. The Balaban J connectivity index is 2.44. The largest absolute Gasteiger partial charge is 0.444 e. The summed E-state index contributed by atoms with van der Waals surface area (Å²) in [6.07, 6.45) is 1.43. The van der Waals surface area contributed by atoms with Crippen LogP contribution in [-0.2, 0) is 4.74 Å². The number of hydrogen-bond acceptors (Lipinski definition) is 2. The van der Waals surface area contributed by atoms with Crippen molar-refractivity contribution in [1.29, 1.82) is 0 Å². The highest BCUT2D eigenvalue weighted by molar-refractivity contribution is 6.23. The fraction of sp³-hybridized carbons (Fsp3) is 0.909. The lowest BCUT2D eigenvalue weighted by Crippen LogP contribution is -2.44. The molecule has 0 spiro atoms. The number of likely N-dealkylation sites (tertiary alicyclic amines) is 1. The molecule has 15 heavy (non-hydrogen) atoms. The Bertz CT molecular complexity index is 235. The van der Waals surface area contributed by atoms with Gasteiger partial charge in [0.2, 0.25) is 0 Å². The highest BCUT2D eigenvalue weighted by Crippen LogP contribution is 2.28. The summed E-state index contributed by atoms with van der Waals surface area (Å²) in [5.74, 6) is 0. The molecule has 0 aromatic carbocycles. The Labute approximate surface area is 96.7 Å². The summed E-state index contributed by atoms with van der Waals surface area (Å²) in [6.45, 7) is 9.02. The van der Waals surface area contributed by atoms with E-state index in [1.54, 1.807) is 4.90 Å². The third-order valence-corrected chi connectivity index (χ3v) is 2.84. The molecule has 1 heterocycles. The van der Waals surface area contributed by atoms with E-state index in [2.05, 4.69) is 0 Å². The number of rotatable bonds is 0. The predicted octanol–water partition coefficient (Wildman–Crippen LogP) is 3.01. The number of carbonyl (C=O) groups excluding carboxylic acids is 1. The van der Waals surface area contributed by atoms with Gasteiger partial charge in [0, 0.05) is 18.0 Å². The van der Waals surface area contributed by atoms with E-state index in [0.717, 1.165) is 12.8 Å². The molecule has 0 radical (unpaired) electrons. The van der Waals surface area contributed by atoms with Crippen LogP contribution in [0.25, 0.3) is 0 Å². The first-order valence-electron chi connectivity index (χ1n) is 5.36. The summed E-state index contributed by atoms with van der Waals surface area (Å²) in [7, 11) is 0. The molecule has 1 saturated heterocycles. The van der Waals surface area contributed by atoms with E-state index < -0.39 is 5.60 Å². The van der Waals surface area contributed by atoms with Gasteiger partial charge in [0.1, 0.15) is 5.60 Å². The lowest BCUT2D eigenvalue weighted by atomic mass is 9.98. The van der Waals surface area contributed by atoms with Gasteiger partial charge in [-0.25, -0.2) is 4.79 Å². The van der Waals surface area contributed by atoms with E-state index >= 15 is 0 Å². The van der Waals surface area contributed by atoms with Gasteiger partial charge in [-0.1, -0.05) is 0 Å². The number of amides is 1. The van der Waals surface area contributed by atoms with Gasteiger partial charge < -0.3 is 9.64 Å². The fourth-order valence-electron chi connectivity index (χ4n) is 1.48. The summed E-state index contributed by atoms with van der Waals surface area (Å²) in [6, 6.07) is 0. The van der Waals surface area contributed by atoms with Gasteiger partial charge in [0.05, 0.1) is 0 Å². The number of ether oxygens (including phenoxy) is 1. The van der Waals surface area contributed by atoms with Gasteiger partial charge in [0.25, 0.3) is 0 Å². The van der Waals surface area contributed by atoms with Gasteiger partial charge in [-0.3, -0.25) is 0 Å². The minimum absolute atomic E-state index is 0.154. The molecule has 0 bridgehead atoms. The first kappa shape index (κ1) is 12.6. The van der Waals surface area contributed by atoms with Crippen molar-refractivity contribution in [1.82, 2.24) is 4.90 Å². The van der Waals surface area contributed by atoms with E-state index in [1.165, 1.54) is 0 Å². The molecule has 1 aliphatic heterocycles. The van der Waals surface area contributed by atoms with Crippen LogP contribution in [0.1, 0.15) is 40.5 Å². The lowest BCUT2D eigenvalue weighted by molar-refractivity contribution is 0.0199. The monoisotopic (exact) mass is 233 g/mol. The smallest absolute Gasteiger partial charge is 0.410 e. The topological polar surface area (TPSA) is 29.5 Å². The second-order valence-electron chi connectivity index (χ2n) is 5.38. The van der Waals surface area contributed by atoms with Gasteiger partial charge in [-0.15, -0.1) is 11.6 Å². The average Bonchev–Trinajstić information content (AvgIpc) is 2.00. The Morgan fingerprint density at radius 1 is 1.33 bits per heavy atom. The minimum Gasteiger partial charge on any atom is -0.444 e. The molecule has 0 aromatic rings. The predicted molar refractivity (Wildman–Crippen MR) is 61.3 cm³/mol. The highest BCUT2D eigenvalue weighted by Gasteiger charge is 2.31. The molecule has 0 N–H and O–H groups in total. The molecule has 0 atom stereocenters. The third kappa shape index (κ3) is 4.29. The van der Waals surface area contributed by atoms with Crippen molar-refractivity contribution in [2.75, 3.05) is 13.1 Å². The average molecular weight is 234 g/mol. The quantitative estimate of drug-likeness (QED) is 0.602. The van der Waals surface area contributed by atoms with Gasteiger partial charge in [-0.05, 0) is 40.5 Å². The molecule has 1 fully saturated rings. The normalized spacial score (nSPS) is 21.3. The maximum atomic E-state index is 11.7. The van der Waals surface area contributed by atoms with Crippen LogP contribution in [-0.4, -0.2) is 34.6 Å². The molecule has 1 rings (SSSR count). The number of nitrogens with zero attached hydrogens (tertiary/aromatic N) is 1. The summed E-state index contributed by atoms with van der Waals surface area (Å²) >= 11 is 6.20. The van der Waals surface area contributed by atoms with E-state index in [4.69, 9.17) is 16.3 Å². The minimum atomic E-state index is -0.418. The molecule has 88 valence electrons. The van der Waals surface area contributed by atoms with Crippen molar-refractivity contribution in [2.24, 2.45) is 0 Å². The zero-order valence-corrected chi connectivity index (χ0v) is 10.7. The zero-order chi connectivity index (χ0) is 11.7. The highest BCUT2D eigenvalue weighted by atomic mass is 35.5. The van der Waals surface area contributed by atoms with E-state index in [1.807, 2.05) is 27.7 Å². The van der Waals surface area contributed by atoms with Crippen molar-refractivity contribution in [3.8, 4) is 0 Å². The standard InChI is InChI=1S/C11H20ClNO2/c1-10(2,3)15-9(14)13-7-5-11(4,12)6-8-13/h5-8H2,1-4H3. The Hall–Kier alpha value is -0.440. The van der Waals surface area contributed by atoms with Crippen LogP contribution in [0.15, 0.2) is 0 Å². The first-order chi connectivity index (χ1) is 6.70. The van der Waals surface area contributed by atoms with E-state index in [0.29, 0.717) is 13.1 Å². The molecule has 0 aliphatic carbocycles. The molecule has 3 nitrogen and oxygen atoms in total. The van der Waals surface area contributed by atoms with Crippen LogP contribution in [0, 0.1) is 0 Å². The van der Waals surface area contributed by atoms with Crippen LogP contribution < -0.4 is 0 Å². The van der Waals surface area contributed by atoms with Gasteiger partial charge in [-0.2, -0.15) is 0 Å². The second-order valence-corrected chi connectivity index (χ2v) is 6.29. The van der Waals surface area contributed by atoms with Gasteiger partial charge >= 0.3 is 6.09 Å². The second kappa shape index (κ2) is 4.20. The number of piperidine rings is 1. The van der Waals surface area contributed by atoms with Crippen molar-refractivity contribution in [3.63, 3.8) is 0 Å². The maximum Gasteiger partial charge on any atom is 0.410 e. The van der Waals surface area contributed by atoms with Crippen LogP contribution in [0.5, 0.6) is 0 Å². The van der Waals surface area contributed by atoms with Crippen LogP contribution >= 0.6 is 11.6 Å². The molecule has 0 saturated carbocycles. The Morgan fingerprint density at radius 2 is 1.80 bits per heavy atom. The van der Waals surface area contributed by atoms with Crippen molar-refractivity contribution in [3.05, 3.63) is 0 Å². The molecule has 4 heteroatoms. The Morgan fingerprint density at radius 3 is 2.20 bits per heavy atom. The molecular weight excluding hydrogens is 214 g/mol. The first-order valence-corrected chi connectivity index (χ1v) is 5.74. The third-order valence-electron chi connectivity index (χ3n) is 2.46. The van der Waals surface area contributed by atoms with Crippen molar-refractivity contribution in [2.45, 2.75) is 51.0 Å². The SMILES string of the molecule is CC1(Cl)CCN(C(=O)OC(C)(C)C)CC1. The molecular formula is C11H20ClNO2. The number of hydrogen-bond donors (Lipinski definition) is 0. The van der Waals surface area contributed by atoms with Crippen LogP contribution in [0.2, 0.25) is 0 Å². The number of alkyl halides is 1. The molecule has 0 aromatic heterocycles. The maximum absolute atomic E-state index is 11.7. The fourth-order valence-corrected chi connectivity index (χ4v) is 1.65. The van der Waals surface area contributed by atoms with Crippen LogP contribution in [0.4, 0.5) is 4.79 Å².